The topological polar surface area (TPSA) is 73.1 Å². The lowest BCUT2D eigenvalue weighted by Crippen LogP contribution is -2.16. The summed E-state index contributed by atoms with van der Waals surface area (Å²) in [6.45, 7) is 1.02. The number of nitrogens with two attached hydrogens (primary N) is 1. The van der Waals surface area contributed by atoms with E-state index in [1.54, 1.807) is 13.3 Å². The Morgan fingerprint density at radius 3 is 3.05 bits per heavy atom. The third-order valence-corrected chi connectivity index (χ3v) is 3.61. The van der Waals surface area contributed by atoms with Crippen LogP contribution in [0, 0.1) is 0 Å². The van der Waals surface area contributed by atoms with Crippen LogP contribution in [0.3, 0.4) is 0 Å². The number of aromatic nitrogens is 2. The summed E-state index contributed by atoms with van der Waals surface area (Å²) < 4.78 is 5.28. The van der Waals surface area contributed by atoms with Gasteiger partial charge < -0.3 is 15.8 Å². The van der Waals surface area contributed by atoms with Crippen LogP contribution < -0.4 is 15.8 Å². The van der Waals surface area contributed by atoms with Crippen LogP contribution in [0.15, 0.2) is 30.5 Å². The van der Waals surface area contributed by atoms with Gasteiger partial charge in [0.2, 0.25) is 5.95 Å². The van der Waals surface area contributed by atoms with Gasteiger partial charge in [-0.3, -0.25) is 0 Å². The van der Waals surface area contributed by atoms with Crippen LogP contribution in [0.1, 0.15) is 24.6 Å². The lowest BCUT2D eigenvalue weighted by atomic mass is 10.0. The molecule has 0 aliphatic carbocycles. The van der Waals surface area contributed by atoms with E-state index in [1.807, 2.05) is 24.3 Å². The predicted octanol–water partition coefficient (Wildman–Crippen LogP) is 2.16. The average Bonchev–Trinajstić information content (AvgIpc) is 3.01. The Labute approximate surface area is 118 Å². The van der Waals surface area contributed by atoms with Crippen molar-refractivity contribution < 1.29 is 4.74 Å². The summed E-state index contributed by atoms with van der Waals surface area (Å²) in [7, 11) is 1.66. The van der Waals surface area contributed by atoms with Gasteiger partial charge in [0.15, 0.2) is 0 Å². The molecule has 1 aliphatic rings. The van der Waals surface area contributed by atoms with Crippen molar-refractivity contribution >= 4 is 5.95 Å². The fraction of sp³-hybridized carbons (Fsp3) is 0.333. The molecule has 0 bridgehead atoms. The minimum atomic E-state index is 0.251. The molecule has 3 N–H and O–H groups in total. The summed E-state index contributed by atoms with van der Waals surface area (Å²) in [6.07, 6.45) is 4.03. The van der Waals surface area contributed by atoms with Gasteiger partial charge in [0, 0.05) is 11.8 Å². The average molecular weight is 270 g/mol. The van der Waals surface area contributed by atoms with E-state index in [0.29, 0.717) is 5.95 Å². The largest absolute Gasteiger partial charge is 0.497 e. The maximum absolute atomic E-state index is 5.75. The molecule has 0 saturated carbocycles. The quantitative estimate of drug-likeness (QED) is 0.894. The molecule has 0 spiro atoms. The Hall–Kier alpha value is -2.14. The van der Waals surface area contributed by atoms with Crippen LogP contribution in [0.25, 0.3) is 11.1 Å². The lowest BCUT2D eigenvalue weighted by molar-refractivity contribution is 0.415. The van der Waals surface area contributed by atoms with Gasteiger partial charge >= 0.3 is 0 Å². The molecule has 5 heteroatoms. The molecular formula is C15H18N4O. The first-order valence-corrected chi connectivity index (χ1v) is 6.78. The molecular weight excluding hydrogens is 252 g/mol. The third-order valence-electron chi connectivity index (χ3n) is 3.61. The number of rotatable bonds is 3. The SMILES string of the molecule is COc1cccc(-c2cnc(N)nc2[C@H]2CCCN2)c1. The highest BCUT2D eigenvalue weighted by Gasteiger charge is 2.22. The van der Waals surface area contributed by atoms with Crippen LogP contribution in [-0.2, 0) is 0 Å². The van der Waals surface area contributed by atoms with Crippen LogP contribution in [0.4, 0.5) is 5.95 Å². The molecule has 3 rings (SSSR count). The molecule has 104 valence electrons. The van der Waals surface area contributed by atoms with Gasteiger partial charge in [0.05, 0.1) is 18.8 Å². The van der Waals surface area contributed by atoms with E-state index < -0.39 is 0 Å². The highest BCUT2D eigenvalue weighted by molar-refractivity contribution is 5.67. The maximum atomic E-state index is 5.75. The molecule has 2 heterocycles. The minimum absolute atomic E-state index is 0.251. The molecule has 20 heavy (non-hydrogen) atoms. The van der Waals surface area contributed by atoms with Crippen molar-refractivity contribution in [2.24, 2.45) is 0 Å². The highest BCUT2D eigenvalue weighted by Crippen LogP contribution is 2.32. The number of nitrogens with one attached hydrogen (secondary N) is 1. The van der Waals surface area contributed by atoms with E-state index in [4.69, 9.17) is 10.5 Å². The van der Waals surface area contributed by atoms with Gasteiger partial charge in [-0.1, -0.05) is 12.1 Å². The summed E-state index contributed by atoms with van der Waals surface area (Å²) in [5.41, 5.74) is 8.79. The van der Waals surface area contributed by atoms with E-state index in [9.17, 15) is 0 Å². The van der Waals surface area contributed by atoms with Crippen LogP contribution >= 0.6 is 0 Å². The van der Waals surface area contributed by atoms with Gasteiger partial charge in [0.25, 0.3) is 0 Å². The Balaban J connectivity index is 2.07. The van der Waals surface area contributed by atoms with Crippen LogP contribution in [0.2, 0.25) is 0 Å². The fourth-order valence-corrected chi connectivity index (χ4v) is 2.61. The van der Waals surface area contributed by atoms with Gasteiger partial charge in [0.1, 0.15) is 5.75 Å². The van der Waals surface area contributed by atoms with Crippen molar-refractivity contribution in [3.8, 4) is 16.9 Å². The van der Waals surface area contributed by atoms with Gasteiger partial charge in [-0.25, -0.2) is 9.97 Å². The van der Waals surface area contributed by atoms with Crippen LogP contribution in [-0.4, -0.2) is 23.6 Å². The van der Waals surface area contributed by atoms with Crippen molar-refractivity contribution in [3.63, 3.8) is 0 Å². The first kappa shape index (κ1) is 12.9. The second-order valence-electron chi connectivity index (χ2n) is 4.91. The monoisotopic (exact) mass is 270 g/mol. The molecule has 1 aromatic carbocycles. The van der Waals surface area contributed by atoms with E-state index in [-0.39, 0.29) is 6.04 Å². The second-order valence-corrected chi connectivity index (χ2v) is 4.91. The standard InChI is InChI=1S/C15H18N4O/c1-20-11-5-2-4-10(8-11)12-9-18-15(16)19-14(12)13-6-3-7-17-13/h2,4-5,8-9,13,17H,3,6-7H2,1H3,(H2,16,18,19)/t13-/m1/s1. The Bertz CT molecular complexity index is 609. The molecule has 0 unspecified atom stereocenters. The summed E-state index contributed by atoms with van der Waals surface area (Å²) in [5, 5.41) is 3.46. The van der Waals surface area contributed by atoms with Crippen molar-refractivity contribution in [1.82, 2.24) is 15.3 Å². The number of anilines is 1. The first-order valence-electron chi connectivity index (χ1n) is 6.78. The number of benzene rings is 1. The van der Waals surface area contributed by atoms with Crippen molar-refractivity contribution in [1.29, 1.82) is 0 Å². The number of methoxy groups -OCH3 is 1. The molecule has 1 aliphatic heterocycles. The molecule has 1 atom stereocenters. The third kappa shape index (κ3) is 2.44. The Morgan fingerprint density at radius 1 is 1.40 bits per heavy atom. The molecule has 1 saturated heterocycles. The van der Waals surface area contributed by atoms with Crippen molar-refractivity contribution in [3.05, 3.63) is 36.2 Å². The second kappa shape index (κ2) is 5.46. The predicted molar refractivity (Wildman–Crippen MR) is 78.4 cm³/mol. The van der Waals surface area contributed by atoms with Crippen molar-refractivity contribution in [2.45, 2.75) is 18.9 Å². The zero-order valence-electron chi connectivity index (χ0n) is 11.5. The summed E-state index contributed by atoms with van der Waals surface area (Å²) in [6, 6.07) is 8.18. The number of hydrogen-bond acceptors (Lipinski definition) is 5. The van der Waals surface area contributed by atoms with E-state index in [1.165, 1.54) is 0 Å². The molecule has 1 aromatic heterocycles. The molecule has 5 nitrogen and oxygen atoms in total. The van der Waals surface area contributed by atoms with Gasteiger partial charge in [-0.05, 0) is 37.1 Å². The summed E-state index contributed by atoms with van der Waals surface area (Å²) >= 11 is 0. The smallest absolute Gasteiger partial charge is 0.220 e. The van der Waals surface area contributed by atoms with E-state index >= 15 is 0 Å². The Morgan fingerprint density at radius 2 is 2.30 bits per heavy atom. The number of nitrogens with zero attached hydrogens (tertiary/aromatic N) is 2. The van der Waals surface area contributed by atoms with Crippen LogP contribution in [0.5, 0.6) is 5.75 Å². The maximum Gasteiger partial charge on any atom is 0.220 e. The normalized spacial score (nSPS) is 18.1. The molecule has 2 aromatic rings. The number of nitrogen functional groups attached to an aromatic ring is 1. The fourth-order valence-electron chi connectivity index (χ4n) is 2.61. The van der Waals surface area contributed by atoms with E-state index in [0.717, 1.165) is 42.0 Å². The Kier molecular flexibility index (Phi) is 3.52. The zero-order chi connectivity index (χ0) is 13.9. The minimum Gasteiger partial charge on any atom is -0.497 e. The first-order chi connectivity index (χ1) is 9.78. The summed E-state index contributed by atoms with van der Waals surface area (Å²) in [5.74, 6) is 1.14. The number of ether oxygens (including phenoxy) is 1. The molecule has 0 amide bonds. The summed E-state index contributed by atoms with van der Waals surface area (Å²) in [4.78, 5) is 8.59. The van der Waals surface area contributed by atoms with Gasteiger partial charge in [-0.15, -0.1) is 0 Å². The van der Waals surface area contributed by atoms with Crippen molar-refractivity contribution in [2.75, 3.05) is 19.4 Å². The molecule has 0 radical (unpaired) electrons. The zero-order valence-corrected chi connectivity index (χ0v) is 11.5. The highest BCUT2D eigenvalue weighted by atomic mass is 16.5. The van der Waals surface area contributed by atoms with E-state index in [2.05, 4.69) is 15.3 Å². The molecule has 1 fully saturated rings. The lowest BCUT2D eigenvalue weighted by Gasteiger charge is -2.15. The van der Waals surface area contributed by atoms with Gasteiger partial charge in [-0.2, -0.15) is 0 Å². The number of hydrogen-bond donors (Lipinski definition) is 2.